The van der Waals surface area contributed by atoms with Crippen LogP contribution in [0.5, 0.6) is 11.5 Å². The number of rotatable bonds is 3. The lowest BCUT2D eigenvalue weighted by molar-refractivity contribution is 0.0697. The van der Waals surface area contributed by atoms with Crippen LogP contribution in [0.3, 0.4) is 0 Å². The summed E-state index contributed by atoms with van der Waals surface area (Å²) in [5.41, 5.74) is 6.25. The van der Waals surface area contributed by atoms with Crippen molar-refractivity contribution < 1.29 is 19.0 Å². The van der Waals surface area contributed by atoms with Gasteiger partial charge in [-0.3, -0.25) is 0 Å². The zero-order valence-electron chi connectivity index (χ0n) is 10.5. The van der Waals surface area contributed by atoms with Crippen molar-refractivity contribution >= 4 is 23.3 Å². The van der Waals surface area contributed by atoms with Crippen LogP contribution in [0.4, 0.5) is 10.1 Å². The average Bonchev–Trinajstić information content (AvgIpc) is 2.38. The molecule has 0 unspecified atom stereocenters. The molecular weight excluding hydrogens is 285 g/mol. The predicted octanol–water partition coefficient (Wildman–Crippen LogP) is 3.86. The summed E-state index contributed by atoms with van der Waals surface area (Å²) in [6.45, 7) is 1.64. The van der Waals surface area contributed by atoms with E-state index in [-0.39, 0.29) is 27.8 Å². The van der Waals surface area contributed by atoms with Crippen LogP contribution >= 0.6 is 11.6 Å². The van der Waals surface area contributed by atoms with E-state index in [1.807, 2.05) is 0 Å². The van der Waals surface area contributed by atoms with Gasteiger partial charge in [-0.25, -0.2) is 9.18 Å². The monoisotopic (exact) mass is 295 g/mol. The first-order valence-electron chi connectivity index (χ1n) is 5.65. The largest absolute Gasteiger partial charge is 0.478 e. The van der Waals surface area contributed by atoms with Crippen LogP contribution in [0.2, 0.25) is 5.02 Å². The number of aryl methyl sites for hydroxylation is 1. The van der Waals surface area contributed by atoms with Gasteiger partial charge in [0.25, 0.3) is 0 Å². The van der Waals surface area contributed by atoms with E-state index in [1.54, 1.807) is 6.92 Å². The van der Waals surface area contributed by atoms with Crippen molar-refractivity contribution in [2.24, 2.45) is 0 Å². The van der Waals surface area contributed by atoms with Crippen molar-refractivity contribution in [1.29, 1.82) is 0 Å². The molecule has 0 amide bonds. The minimum absolute atomic E-state index is 0.0758. The second-order valence-electron chi connectivity index (χ2n) is 4.16. The fourth-order valence-electron chi connectivity index (χ4n) is 1.69. The Labute approximate surface area is 119 Å². The minimum Gasteiger partial charge on any atom is -0.478 e. The molecule has 0 saturated carbocycles. The van der Waals surface area contributed by atoms with Gasteiger partial charge in [-0.05, 0) is 36.8 Å². The molecule has 0 aliphatic heterocycles. The third kappa shape index (κ3) is 2.67. The first kappa shape index (κ1) is 14.1. The lowest BCUT2D eigenvalue weighted by Crippen LogP contribution is -2.04. The smallest absolute Gasteiger partial charge is 0.337 e. The summed E-state index contributed by atoms with van der Waals surface area (Å²) >= 11 is 5.65. The van der Waals surface area contributed by atoms with Gasteiger partial charge in [-0.1, -0.05) is 17.7 Å². The number of benzene rings is 2. The average molecular weight is 296 g/mol. The number of carbonyl (C=O) groups is 1. The molecule has 0 radical (unpaired) electrons. The Kier molecular flexibility index (Phi) is 3.81. The maximum Gasteiger partial charge on any atom is 0.337 e. The molecule has 3 N–H and O–H groups in total. The van der Waals surface area contributed by atoms with E-state index >= 15 is 0 Å². The highest BCUT2D eigenvalue weighted by Crippen LogP contribution is 2.31. The molecule has 0 aliphatic rings. The minimum atomic E-state index is -1.18. The van der Waals surface area contributed by atoms with Crippen molar-refractivity contribution in [3.8, 4) is 11.5 Å². The Morgan fingerprint density at radius 3 is 2.75 bits per heavy atom. The SMILES string of the molecule is Cc1cc(Oc2cccc(Cl)c2F)cc(C(=O)O)c1N. The Morgan fingerprint density at radius 1 is 1.40 bits per heavy atom. The first-order chi connectivity index (χ1) is 9.40. The summed E-state index contributed by atoms with van der Waals surface area (Å²) in [4.78, 5) is 11.1. The van der Waals surface area contributed by atoms with E-state index in [0.29, 0.717) is 5.56 Å². The van der Waals surface area contributed by atoms with Gasteiger partial charge >= 0.3 is 5.97 Å². The van der Waals surface area contributed by atoms with Crippen LogP contribution in [0.25, 0.3) is 0 Å². The summed E-state index contributed by atoms with van der Waals surface area (Å²) in [5.74, 6) is -1.79. The highest BCUT2D eigenvalue weighted by Gasteiger charge is 2.14. The van der Waals surface area contributed by atoms with E-state index in [4.69, 9.17) is 27.2 Å². The maximum atomic E-state index is 13.7. The molecule has 0 atom stereocenters. The second kappa shape index (κ2) is 5.38. The van der Waals surface area contributed by atoms with Gasteiger partial charge < -0.3 is 15.6 Å². The highest BCUT2D eigenvalue weighted by atomic mass is 35.5. The third-order valence-electron chi connectivity index (χ3n) is 2.73. The lowest BCUT2D eigenvalue weighted by Gasteiger charge is -2.11. The molecule has 0 bridgehead atoms. The van der Waals surface area contributed by atoms with Gasteiger partial charge in [-0.2, -0.15) is 0 Å². The number of anilines is 1. The predicted molar refractivity (Wildman–Crippen MR) is 74.0 cm³/mol. The molecule has 20 heavy (non-hydrogen) atoms. The molecule has 0 aliphatic carbocycles. The molecule has 2 aromatic rings. The van der Waals surface area contributed by atoms with Crippen LogP contribution < -0.4 is 10.5 Å². The van der Waals surface area contributed by atoms with E-state index in [0.717, 1.165) is 0 Å². The van der Waals surface area contributed by atoms with Gasteiger partial charge in [0.2, 0.25) is 0 Å². The molecule has 0 aromatic heterocycles. The topological polar surface area (TPSA) is 72.5 Å². The number of nitrogens with two attached hydrogens (primary N) is 1. The number of carboxylic acid groups (broad SMARTS) is 1. The number of ether oxygens (including phenoxy) is 1. The number of halogens is 2. The van der Waals surface area contributed by atoms with Crippen LogP contribution in [0, 0.1) is 12.7 Å². The summed E-state index contributed by atoms with van der Waals surface area (Å²) in [7, 11) is 0. The Hall–Kier alpha value is -2.27. The van der Waals surface area contributed by atoms with E-state index in [1.165, 1.54) is 30.3 Å². The number of carboxylic acids is 1. The second-order valence-corrected chi connectivity index (χ2v) is 4.57. The van der Waals surface area contributed by atoms with E-state index in [9.17, 15) is 9.18 Å². The van der Waals surface area contributed by atoms with Crippen LogP contribution in [-0.4, -0.2) is 11.1 Å². The van der Waals surface area contributed by atoms with Gasteiger partial charge in [0.1, 0.15) is 5.75 Å². The van der Waals surface area contributed by atoms with Crippen molar-refractivity contribution in [1.82, 2.24) is 0 Å². The van der Waals surface area contributed by atoms with Gasteiger partial charge in [0.15, 0.2) is 11.6 Å². The molecule has 104 valence electrons. The molecule has 6 heteroatoms. The molecule has 2 rings (SSSR count). The van der Waals surface area contributed by atoms with Crippen molar-refractivity contribution in [2.45, 2.75) is 6.92 Å². The van der Waals surface area contributed by atoms with Crippen LogP contribution in [0.15, 0.2) is 30.3 Å². The quantitative estimate of drug-likeness (QED) is 0.843. The van der Waals surface area contributed by atoms with E-state index < -0.39 is 11.8 Å². The summed E-state index contributed by atoms with van der Waals surface area (Å²) in [6.07, 6.45) is 0. The van der Waals surface area contributed by atoms with Crippen LogP contribution in [-0.2, 0) is 0 Å². The zero-order chi connectivity index (χ0) is 14.9. The molecule has 4 nitrogen and oxygen atoms in total. The normalized spacial score (nSPS) is 10.3. The first-order valence-corrected chi connectivity index (χ1v) is 6.03. The zero-order valence-corrected chi connectivity index (χ0v) is 11.2. The fourth-order valence-corrected chi connectivity index (χ4v) is 1.86. The number of hydrogen-bond acceptors (Lipinski definition) is 3. The summed E-state index contributed by atoms with van der Waals surface area (Å²) in [6, 6.07) is 7.09. The van der Waals surface area contributed by atoms with Gasteiger partial charge in [0, 0.05) is 5.69 Å². The van der Waals surface area contributed by atoms with Crippen molar-refractivity contribution in [3.05, 3.63) is 52.3 Å². The number of nitrogen functional groups attached to an aromatic ring is 1. The third-order valence-corrected chi connectivity index (χ3v) is 3.03. The standard InChI is InChI=1S/C14H11ClFNO3/c1-7-5-8(6-9(13(7)17)14(18)19)20-11-4-2-3-10(15)12(11)16/h2-6H,17H2,1H3,(H,18,19). The lowest BCUT2D eigenvalue weighted by atomic mass is 10.1. The fraction of sp³-hybridized carbons (Fsp3) is 0.0714. The molecule has 0 fully saturated rings. The number of hydrogen-bond donors (Lipinski definition) is 2. The molecular formula is C14H11ClFNO3. The maximum absolute atomic E-state index is 13.7. The van der Waals surface area contributed by atoms with Gasteiger partial charge in [0.05, 0.1) is 10.6 Å². The Bertz CT molecular complexity index is 688. The Balaban J connectivity index is 2.44. The van der Waals surface area contributed by atoms with Crippen molar-refractivity contribution in [2.75, 3.05) is 5.73 Å². The molecule has 0 spiro atoms. The summed E-state index contributed by atoms with van der Waals surface area (Å²) < 4.78 is 19.1. The highest BCUT2D eigenvalue weighted by molar-refractivity contribution is 6.30. The molecule has 2 aromatic carbocycles. The Morgan fingerprint density at radius 2 is 2.10 bits per heavy atom. The van der Waals surface area contributed by atoms with E-state index in [2.05, 4.69) is 0 Å². The molecule has 0 saturated heterocycles. The van der Waals surface area contributed by atoms with Crippen LogP contribution in [0.1, 0.15) is 15.9 Å². The van der Waals surface area contributed by atoms with Gasteiger partial charge in [-0.15, -0.1) is 0 Å². The summed E-state index contributed by atoms with van der Waals surface area (Å²) in [5, 5.41) is 8.97. The molecule has 0 heterocycles. The number of aromatic carboxylic acids is 1. The van der Waals surface area contributed by atoms with Crippen molar-refractivity contribution in [3.63, 3.8) is 0 Å².